The Hall–Kier alpha value is -1.13. The average Bonchev–Trinajstić information content (AvgIpc) is 2.54. The molecule has 0 aromatic carbocycles. The highest BCUT2D eigenvalue weighted by Gasteiger charge is 2.27. The third kappa shape index (κ3) is 4.20. The molecule has 2 fully saturated rings. The van der Waals surface area contributed by atoms with Crippen LogP contribution in [0.15, 0.2) is 18.5 Å². The second-order valence-electron chi connectivity index (χ2n) is 6.80. The molecule has 3 rings (SSSR count). The zero-order valence-electron chi connectivity index (χ0n) is 13.8. The highest BCUT2D eigenvalue weighted by atomic mass is 16.5. The van der Waals surface area contributed by atoms with Crippen LogP contribution in [0.2, 0.25) is 0 Å². The van der Waals surface area contributed by atoms with Crippen LogP contribution in [-0.4, -0.2) is 48.3 Å². The van der Waals surface area contributed by atoms with E-state index < -0.39 is 0 Å². The van der Waals surface area contributed by atoms with Gasteiger partial charge in [-0.3, -0.25) is 4.98 Å². The van der Waals surface area contributed by atoms with Gasteiger partial charge in [0.1, 0.15) is 5.75 Å². The molecule has 0 N–H and O–H groups in total. The van der Waals surface area contributed by atoms with Crippen molar-refractivity contribution < 1.29 is 9.47 Å². The van der Waals surface area contributed by atoms with E-state index in [9.17, 15) is 0 Å². The van der Waals surface area contributed by atoms with Gasteiger partial charge in [0.2, 0.25) is 0 Å². The monoisotopic (exact) mass is 304 g/mol. The molecule has 1 aromatic heterocycles. The largest absolute Gasteiger partial charge is 0.490 e. The molecule has 1 aliphatic carbocycles. The van der Waals surface area contributed by atoms with Gasteiger partial charge in [-0.2, -0.15) is 0 Å². The van der Waals surface area contributed by atoms with Crippen LogP contribution in [0.5, 0.6) is 5.75 Å². The summed E-state index contributed by atoms with van der Waals surface area (Å²) in [6.45, 7) is 4.39. The lowest BCUT2D eigenvalue weighted by Gasteiger charge is -2.35. The molecule has 0 bridgehead atoms. The predicted molar refractivity (Wildman–Crippen MR) is 87.3 cm³/mol. The molecule has 1 saturated carbocycles. The summed E-state index contributed by atoms with van der Waals surface area (Å²) in [6, 6.07) is 1.97. The number of likely N-dealkylation sites (tertiary alicyclic amines) is 1. The Labute approximate surface area is 133 Å². The molecule has 1 aromatic rings. The van der Waals surface area contributed by atoms with E-state index in [-0.39, 0.29) is 0 Å². The normalized spacial score (nSPS) is 27.7. The van der Waals surface area contributed by atoms with E-state index in [1.807, 2.05) is 12.3 Å². The fourth-order valence-corrected chi connectivity index (χ4v) is 3.45. The average molecular weight is 304 g/mol. The SMILES string of the molecule is Cc1cnccc1OC1CCC(OC2CCN(C)CC2)CC1. The first-order chi connectivity index (χ1) is 10.7. The van der Waals surface area contributed by atoms with Gasteiger partial charge in [0.25, 0.3) is 0 Å². The molecule has 4 heteroatoms. The summed E-state index contributed by atoms with van der Waals surface area (Å²) in [4.78, 5) is 6.51. The van der Waals surface area contributed by atoms with Crippen LogP contribution >= 0.6 is 0 Å². The molecule has 0 unspecified atom stereocenters. The number of hydrogen-bond donors (Lipinski definition) is 0. The third-order valence-electron chi connectivity index (χ3n) is 4.93. The number of piperidine rings is 1. The lowest BCUT2D eigenvalue weighted by molar-refractivity contribution is -0.0643. The van der Waals surface area contributed by atoms with Crippen LogP contribution in [0.3, 0.4) is 0 Å². The van der Waals surface area contributed by atoms with E-state index in [1.54, 1.807) is 6.20 Å². The maximum atomic E-state index is 6.31. The Balaban J connectivity index is 1.42. The summed E-state index contributed by atoms with van der Waals surface area (Å²) < 4.78 is 12.4. The first-order valence-corrected chi connectivity index (χ1v) is 8.62. The molecule has 1 saturated heterocycles. The van der Waals surface area contributed by atoms with Crippen molar-refractivity contribution in [1.82, 2.24) is 9.88 Å². The van der Waals surface area contributed by atoms with Crippen molar-refractivity contribution >= 4 is 0 Å². The molecule has 1 aliphatic heterocycles. The third-order valence-corrected chi connectivity index (χ3v) is 4.93. The van der Waals surface area contributed by atoms with Crippen molar-refractivity contribution in [3.63, 3.8) is 0 Å². The van der Waals surface area contributed by atoms with Gasteiger partial charge < -0.3 is 14.4 Å². The Bertz CT molecular complexity index is 464. The summed E-state index contributed by atoms with van der Waals surface area (Å²) in [5.74, 6) is 0.981. The molecular weight excluding hydrogens is 276 g/mol. The minimum absolute atomic E-state index is 0.332. The van der Waals surface area contributed by atoms with Gasteiger partial charge in [0.15, 0.2) is 0 Å². The first kappa shape index (κ1) is 15.8. The molecule has 2 aliphatic rings. The lowest BCUT2D eigenvalue weighted by Crippen LogP contribution is -2.37. The number of nitrogens with zero attached hydrogens (tertiary/aromatic N) is 2. The topological polar surface area (TPSA) is 34.6 Å². The maximum absolute atomic E-state index is 6.31. The van der Waals surface area contributed by atoms with Crippen LogP contribution in [0, 0.1) is 6.92 Å². The molecule has 122 valence electrons. The fourth-order valence-electron chi connectivity index (χ4n) is 3.45. The van der Waals surface area contributed by atoms with Crippen LogP contribution in [0.4, 0.5) is 0 Å². The summed E-state index contributed by atoms with van der Waals surface area (Å²) in [5, 5.41) is 0. The van der Waals surface area contributed by atoms with Crippen LogP contribution in [0.1, 0.15) is 44.1 Å². The summed E-state index contributed by atoms with van der Waals surface area (Å²) in [6.07, 6.45) is 11.7. The van der Waals surface area contributed by atoms with Gasteiger partial charge in [0, 0.05) is 31.0 Å². The lowest BCUT2D eigenvalue weighted by atomic mass is 9.94. The van der Waals surface area contributed by atoms with E-state index in [2.05, 4.69) is 23.9 Å². The van der Waals surface area contributed by atoms with Gasteiger partial charge in [-0.05, 0) is 58.6 Å². The summed E-state index contributed by atoms with van der Waals surface area (Å²) in [7, 11) is 2.19. The highest BCUT2D eigenvalue weighted by molar-refractivity contribution is 5.28. The van der Waals surface area contributed by atoms with Gasteiger partial charge in [-0.15, -0.1) is 0 Å². The Morgan fingerprint density at radius 2 is 1.64 bits per heavy atom. The summed E-state index contributed by atoms with van der Waals surface area (Å²) >= 11 is 0. The zero-order chi connectivity index (χ0) is 15.4. The highest BCUT2D eigenvalue weighted by Crippen LogP contribution is 2.28. The van der Waals surface area contributed by atoms with Crippen molar-refractivity contribution in [2.45, 2.75) is 63.8 Å². The van der Waals surface area contributed by atoms with E-state index >= 15 is 0 Å². The molecule has 22 heavy (non-hydrogen) atoms. The molecule has 0 spiro atoms. The smallest absolute Gasteiger partial charge is 0.125 e. The number of pyridine rings is 1. The van der Waals surface area contributed by atoms with Crippen molar-refractivity contribution in [1.29, 1.82) is 0 Å². The Morgan fingerprint density at radius 3 is 2.32 bits per heavy atom. The minimum atomic E-state index is 0.332. The molecular formula is C18H28N2O2. The summed E-state index contributed by atoms with van der Waals surface area (Å²) in [5.41, 5.74) is 1.12. The van der Waals surface area contributed by atoms with Crippen LogP contribution in [0.25, 0.3) is 0 Å². The van der Waals surface area contributed by atoms with E-state index in [1.165, 1.54) is 25.9 Å². The van der Waals surface area contributed by atoms with E-state index in [0.29, 0.717) is 18.3 Å². The molecule has 0 atom stereocenters. The number of aryl methyl sites for hydroxylation is 1. The van der Waals surface area contributed by atoms with Crippen molar-refractivity contribution in [3.8, 4) is 5.75 Å². The van der Waals surface area contributed by atoms with E-state index in [4.69, 9.17) is 9.47 Å². The quantitative estimate of drug-likeness (QED) is 0.855. The standard InChI is InChI=1S/C18H28N2O2/c1-14-13-19-10-7-18(14)22-16-5-3-15(4-6-16)21-17-8-11-20(2)12-9-17/h7,10,13,15-17H,3-6,8-9,11-12H2,1-2H3. The minimum Gasteiger partial charge on any atom is -0.490 e. The molecule has 0 radical (unpaired) electrons. The van der Waals surface area contributed by atoms with E-state index in [0.717, 1.165) is 37.0 Å². The van der Waals surface area contributed by atoms with Gasteiger partial charge in [0.05, 0.1) is 18.3 Å². The van der Waals surface area contributed by atoms with Gasteiger partial charge in [-0.1, -0.05) is 0 Å². The Morgan fingerprint density at radius 1 is 1.00 bits per heavy atom. The number of ether oxygens (including phenoxy) is 2. The molecule has 2 heterocycles. The molecule has 4 nitrogen and oxygen atoms in total. The second kappa shape index (κ2) is 7.42. The van der Waals surface area contributed by atoms with Crippen molar-refractivity contribution in [2.75, 3.05) is 20.1 Å². The van der Waals surface area contributed by atoms with Crippen LogP contribution < -0.4 is 4.74 Å². The van der Waals surface area contributed by atoms with Crippen molar-refractivity contribution in [2.24, 2.45) is 0 Å². The predicted octanol–water partition coefficient (Wildman–Crippen LogP) is 3.19. The molecule has 0 amide bonds. The second-order valence-corrected chi connectivity index (χ2v) is 6.80. The zero-order valence-corrected chi connectivity index (χ0v) is 13.8. The Kier molecular flexibility index (Phi) is 5.32. The first-order valence-electron chi connectivity index (χ1n) is 8.62. The maximum Gasteiger partial charge on any atom is 0.125 e. The number of rotatable bonds is 4. The fraction of sp³-hybridized carbons (Fsp3) is 0.722. The van der Waals surface area contributed by atoms with Gasteiger partial charge in [-0.25, -0.2) is 0 Å². The van der Waals surface area contributed by atoms with Gasteiger partial charge >= 0.3 is 0 Å². The number of hydrogen-bond acceptors (Lipinski definition) is 4. The number of aromatic nitrogens is 1. The van der Waals surface area contributed by atoms with Crippen molar-refractivity contribution in [3.05, 3.63) is 24.0 Å². The van der Waals surface area contributed by atoms with Crippen LogP contribution in [-0.2, 0) is 4.74 Å².